The van der Waals surface area contributed by atoms with Gasteiger partial charge in [-0.3, -0.25) is 19.2 Å². The van der Waals surface area contributed by atoms with Crippen molar-refractivity contribution in [2.75, 3.05) is 33.3 Å². The van der Waals surface area contributed by atoms with Gasteiger partial charge in [0.2, 0.25) is 11.8 Å². The number of hydrogen-bond acceptors (Lipinski definition) is 9. The van der Waals surface area contributed by atoms with Crippen molar-refractivity contribution >= 4 is 46.4 Å². The minimum atomic E-state index is -1.89. The summed E-state index contributed by atoms with van der Waals surface area (Å²) in [6.45, 7) is 2.98. The second-order valence-electron chi connectivity index (χ2n) is 9.09. The molecule has 39 heavy (non-hydrogen) atoms. The largest absolute Gasteiger partial charge is 0.385 e. The smallest absolute Gasteiger partial charge is 0.263 e. The number of halogens is 1. The fourth-order valence-corrected chi connectivity index (χ4v) is 4.41. The SMILES string of the molecule is COCC[C@H](NC(=O)c1cnc(C)s1)C(=O)N[C@@H](COC)C(=O)N[C@@H](Cc1ccccc1)C(=O)C(C)(O)CCl. The van der Waals surface area contributed by atoms with Gasteiger partial charge in [0.25, 0.3) is 5.91 Å². The first-order valence-corrected chi connectivity index (χ1v) is 13.6. The van der Waals surface area contributed by atoms with E-state index in [-0.39, 0.29) is 31.9 Å². The average Bonchev–Trinajstić information content (AvgIpc) is 3.36. The number of rotatable bonds is 16. The number of nitrogens with zero attached hydrogens (tertiary/aromatic N) is 1. The van der Waals surface area contributed by atoms with Crippen LogP contribution in [0.2, 0.25) is 0 Å². The molecule has 0 aliphatic carbocycles. The molecule has 0 aliphatic rings. The van der Waals surface area contributed by atoms with Gasteiger partial charge >= 0.3 is 0 Å². The van der Waals surface area contributed by atoms with E-state index in [1.54, 1.807) is 31.2 Å². The standard InChI is InChI=1S/C26H35ClN4O7S/c1-16-28-13-21(39-16)25(35)29-18(10-11-37-3)23(33)31-20(14-38-4)24(34)30-19(22(32)26(2,36)15-27)12-17-8-6-5-7-9-17/h5-9,13,18-20,36H,10-12,14-15H2,1-4H3,(H,29,35)(H,30,34)(H,31,33)/t18-,19-,20-,26?/m0/s1. The Balaban J connectivity index is 2.20. The number of nitrogens with one attached hydrogen (secondary N) is 3. The molecule has 0 spiro atoms. The van der Waals surface area contributed by atoms with Crippen LogP contribution in [0, 0.1) is 6.92 Å². The van der Waals surface area contributed by atoms with E-state index in [9.17, 15) is 24.3 Å². The number of ether oxygens (including phenoxy) is 2. The fraction of sp³-hybridized carbons (Fsp3) is 0.500. The predicted molar refractivity (Wildman–Crippen MR) is 147 cm³/mol. The minimum absolute atomic E-state index is 0.0902. The van der Waals surface area contributed by atoms with Crippen molar-refractivity contribution in [2.24, 2.45) is 0 Å². The Morgan fingerprint density at radius 3 is 2.23 bits per heavy atom. The molecule has 214 valence electrons. The van der Waals surface area contributed by atoms with Gasteiger partial charge in [-0.05, 0) is 32.3 Å². The fourth-order valence-electron chi connectivity index (χ4n) is 3.59. The van der Waals surface area contributed by atoms with Gasteiger partial charge in [-0.15, -0.1) is 22.9 Å². The van der Waals surface area contributed by atoms with Crippen molar-refractivity contribution in [1.29, 1.82) is 0 Å². The predicted octanol–water partition coefficient (Wildman–Crippen LogP) is 1.00. The first kappa shape index (κ1) is 32.3. The minimum Gasteiger partial charge on any atom is -0.385 e. The normalized spacial score (nSPS) is 14.9. The lowest BCUT2D eigenvalue weighted by molar-refractivity contribution is -0.139. The molecule has 0 bridgehead atoms. The summed E-state index contributed by atoms with van der Waals surface area (Å²) in [5.74, 6) is -2.88. The molecular weight excluding hydrogens is 548 g/mol. The van der Waals surface area contributed by atoms with E-state index >= 15 is 0 Å². The maximum absolute atomic E-state index is 13.3. The number of Topliss-reactive ketones (excluding diaryl/α,β-unsaturated/α-hetero) is 1. The van der Waals surface area contributed by atoms with E-state index in [0.29, 0.717) is 9.88 Å². The van der Waals surface area contributed by atoms with Gasteiger partial charge in [-0.1, -0.05) is 30.3 Å². The molecule has 1 heterocycles. The summed E-state index contributed by atoms with van der Waals surface area (Å²) in [7, 11) is 2.82. The van der Waals surface area contributed by atoms with Crippen LogP contribution in [0.4, 0.5) is 0 Å². The average molecular weight is 583 g/mol. The number of aliphatic hydroxyl groups is 1. The lowest BCUT2D eigenvalue weighted by Crippen LogP contribution is -2.59. The first-order valence-electron chi connectivity index (χ1n) is 12.2. The highest BCUT2D eigenvalue weighted by Crippen LogP contribution is 2.15. The monoisotopic (exact) mass is 582 g/mol. The highest BCUT2D eigenvalue weighted by molar-refractivity contribution is 7.13. The second-order valence-corrected chi connectivity index (χ2v) is 10.6. The highest BCUT2D eigenvalue weighted by atomic mass is 35.5. The molecule has 1 aromatic carbocycles. The Morgan fingerprint density at radius 1 is 1.03 bits per heavy atom. The molecule has 0 radical (unpaired) electrons. The van der Waals surface area contributed by atoms with Crippen LogP contribution >= 0.6 is 22.9 Å². The Bertz CT molecular complexity index is 1110. The van der Waals surface area contributed by atoms with Gasteiger partial charge in [0.15, 0.2) is 5.78 Å². The molecule has 0 saturated heterocycles. The molecule has 11 nitrogen and oxygen atoms in total. The molecule has 4 N–H and O–H groups in total. The first-order chi connectivity index (χ1) is 18.5. The zero-order valence-electron chi connectivity index (χ0n) is 22.4. The molecular formula is C26H35ClN4O7S. The number of alkyl halides is 1. The number of ketones is 1. The Kier molecular flexibility index (Phi) is 13.0. The van der Waals surface area contributed by atoms with Crippen molar-refractivity contribution in [1.82, 2.24) is 20.9 Å². The van der Waals surface area contributed by atoms with E-state index in [0.717, 1.165) is 5.56 Å². The molecule has 0 aliphatic heterocycles. The Hall–Kier alpha value is -2.90. The van der Waals surface area contributed by atoms with Crippen LogP contribution < -0.4 is 16.0 Å². The summed E-state index contributed by atoms with van der Waals surface area (Å²) in [4.78, 5) is 56.6. The molecule has 1 aromatic heterocycles. The Morgan fingerprint density at radius 2 is 1.67 bits per heavy atom. The van der Waals surface area contributed by atoms with E-state index in [2.05, 4.69) is 20.9 Å². The third kappa shape index (κ3) is 9.97. The number of benzene rings is 1. The van der Waals surface area contributed by atoms with Crippen molar-refractivity contribution < 1.29 is 33.8 Å². The molecule has 4 atom stereocenters. The zero-order chi connectivity index (χ0) is 29.0. The summed E-state index contributed by atoms with van der Waals surface area (Å²) >= 11 is 6.99. The van der Waals surface area contributed by atoms with E-state index in [4.69, 9.17) is 21.1 Å². The van der Waals surface area contributed by atoms with Crippen molar-refractivity contribution in [2.45, 2.75) is 50.4 Å². The van der Waals surface area contributed by atoms with Crippen molar-refractivity contribution in [3.05, 3.63) is 52.0 Å². The topological polar surface area (TPSA) is 156 Å². The summed E-state index contributed by atoms with van der Waals surface area (Å²) in [5, 5.41) is 19.1. The van der Waals surface area contributed by atoms with Gasteiger partial charge < -0.3 is 30.5 Å². The third-order valence-electron chi connectivity index (χ3n) is 5.75. The maximum Gasteiger partial charge on any atom is 0.263 e. The number of methoxy groups -OCH3 is 2. The lowest BCUT2D eigenvalue weighted by Gasteiger charge is -2.28. The second kappa shape index (κ2) is 15.6. The molecule has 0 fully saturated rings. The summed E-state index contributed by atoms with van der Waals surface area (Å²) in [6.07, 6.45) is 1.65. The van der Waals surface area contributed by atoms with Gasteiger partial charge in [-0.25, -0.2) is 4.98 Å². The molecule has 3 amide bonds. The van der Waals surface area contributed by atoms with E-state index < -0.39 is 47.2 Å². The zero-order valence-corrected chi connectivity index (χ0v) is 23.9. The number of hydrogen-bond donors (Lipinski definition) is 4. The lowest BCUT2D eigenvalue weighted by atomic mass is 9.92. The molecule has 1 unspecified atom stereocenters. The van der Waals surface area contributed by atoms with Crippen LogP contribution in [0.25, 0.3) is 0 Å². The number of carbonyl (C=O) groups excluding carboxylic acids is 4. The molecule has 0 saturated carbocycles. The number of thiazole rings is 1. The summed E-state index contributed by atoms with van der Waals surface area (Å²) < 4.78 is 10.2. The Labute approximate surface area is 236 Å². The van der Waals surface area contributed by atoms with Gasteiger partial charge in [-0.2, -0.15) is 0 Å². The van der Waals surface area contributed by atoms with Crippen LogP contribution in [-0.4, -0.2) is 90.6 Å². The molecule has 2 rings (SSSR count). The molecule has 13 heteroatoms. The summed E-state index contributed by atoms with van der Waals surface area (Å²) in [5.41, 5.74) is -1.15. The quantitative estimate of drug-likeness (QED) is 0.214. The van der Waals surface area contributed by atoms with Crippen LogP contribution in [-0.2, 0) is 30.3 Å². The number of amides is 3. The van der Waals surface area contributed by atoms with E-state index in [1.165, 1.54) is 38.7 Å². The van der Waals surface area contributed by atoms with Crippen LogP contribution in [0.5, 0.6) is 0 Å². The van der Waals surface area contributed by atoms with Gasteiger partial charge in [0.05, 0.1) is 29.7 Å². The molecule has 2 aromatic rings. The number of aryl methyl sites for hydroxylation is 1. The van der Waals surface area contributed by atoms with Crippen LogP contribution in [0.15, 0.2) is 36.5 Å². The number of carbonyl (C=O) groups is 4. The van der Waals surface area contributed by atoms with E-state index in [1.807, 2.05) is 6.07 Å². The highest BCUT2D eigenvalue weighted by Gasteiger charge is 2.37. The third-order valence-corrected chi connectivity index (χ3v) is 7.18. The van der Waals surface area contributed by atoms with Crippen molar-refractivity contribution in [3.8, 4) is 0 Å². The van der Waals surface area contributed by atoms with Gasteiger partial charge in [0.1, 0.15) is 22.6 Å². The number of aromatic nitrogens is 1. The van der Waals surface area contributed by atoms with Crippen LogP contribution in [0.3, 0.4) is 0 Å². The van der Waals surface area contributed by atoms with Gasteiger partial charge in [0, 0.05) is 20.8 Å². The van der Waals surface area contributed by atoms with Crippen LogP contribution in [0.1, 0.15) is 33.6 Å². The summed E-state index contributed by atoms with van der Waals surface area (Å²) in [6, 6.07) is 5.58. The maximum atomic E-state index is 13.3. The van der Waals surface area contributed by atoms with Crippen molar-refractivity contribution in [3.63, 3.8) is 0 Å².